The van der Waals surface area contributed by atoms with Crippen LogP contribution < -0.4 is 15.4 Å². The van der Waals surface area contributed by atoms with Crippen LogP contribution >= 0.6 is 0 Å². The molecular weight excluding hydrogens is 357 g/mol. The first-order chi connectivity index (χ1) is 12.7. The molecule has 1 aromatic rings. The number of likely N-dealkylation sites (tertiary alicyclic amines) is 1. The molecule has 27 heavy (non-hydrogen) atoms. The normalized spacial score (nSPS) is 17.3. The summed E-state index contributed by atoms with van der Waals surface area (Å²) in [5, 5.41) is 6.32. The van der Waals surface area contributed by atoms with Gasteiger partial charge >= 0.3 is 6.18 Å². The summed E-state index contributed by atoms with van der Waals surface area (Å²) < 4.78 is 44.9. The number of piperidine rings is 1. The third-order valence-corrected chi connectivity index (χ3v) is 4.89. The van der Waals surface area contributed by atoms with E-state index in [0.29, 0.717) is 12.0 Å². The first-order valence-electron chi connectivity index (χ1n) is 9.20. The smallest absolute Gasteiger partial charge is 0.416 e. The monoisotopic (exact) mass is 386 g/mol. The molecule has 0 atom stereocenters. The van der Waals surface area contributed by atoms with Crippen molar-refractivity contribution in [3.8, 4) is 5.75 Å². The van der Waals surface area contributed by atoms with Crippen LogP contribution in [0, 0.1) is 0 Å². The standard InChI is InChI=1S/C19H29F3N4O/c1-13(2)26-9-7-15(8-10-26)25-18(23-3)24-12-14-5-6-16(27-4)11-17(14)19(20,21)22/h5-6,11,13,15H,7-10,12H2,1-4H3,(H2,23,24,25). The van der Waals surface area contributed by atoms with E-state index in [4.69, 9.17) is 4.74 Å². The summed E-state index contributed by atoms with van der Waals surface area (Å²) in [5.41, 5.74) is -0.545. The fourth-order valence-electron chi connectivity index (χ4n) is 3.23. The van der Waals surface area contributed by atoms with E-state index in [1.807, 2.05) is 0 Å². The highest BCUT2D eigenvalue weighted by atomic mass is 19.4. The fourth-order valence-corrected chi connectivity index (χ4v) is 3.23. The van der Waals surface area contributed by atoms with E-state index >= 15 is 0 Å². The van der Waals surface area contributed by atoms with Gasteiger partial charge in [-0.15, -0.1) is 0 Å². The Labute approximate surface area is 159 Å². The lowest BCUT2D eigenvalue weighted by Gasteiger charge is -2.35. The second-order valence-corrected chi connectivity index (χ2v) is 6.99. The summed E-state index contributed by atoms with van der Waals surface area (Å²) in [6.45, 7) is 6.40. The van der Waals surface area contributed by atoms with Gasteiger partial charge in [0.1, 0.15) is 5.75 Å². The first kappa shape index (κ1) is 21.3. The number of guanidine groups is 1. The van der Waals surface area contributed by atoms with E-state index in [-0.39, 0.29) is 23.9 Å². The number of alkyl halides is 3. The minimum absolute atomic E-state index is 0.0311. The maximum atomic E-state index is 13.3. The Hall–Kier alpha value is -1.96. The Bertz CT molecular complexity index is 638. The lowest BCUT2D eigenvalue weighted by atomic mass is 10.0. The molecule has 0 unspecified atom stereocenters. The molecule has 0 spiro atoms. The second kappa shape index (κ2) is 9.30. The van der Waals surface area contributed by atoms with Gasteiger partial charge in [-0.1, -0.05) is 6.07 Å². The largest absolute Gasteiger partial charge is 0.497 e. The van der Waals surface area contributed by atoms with E-state index in [0.717, 1.165) is 32.0 Å². The minimum Gasteiger partial charge on any atom is -0.497 e. The zero-order chi connectivity index (χ0) is 20.0. The number of rotatable bonds is 5. The number of ether oxygens (including phenoxy) is 1. The second-order valence-electron chi connectivity index (χ2n) is 6.99. The van der Waals surface area contributed by atoms with E-state index in [2.05, 4.69) is 34.4 Å². The Kier molecular flexibility index (Phi) is 7.35. The molecule has 1 aliphatic rings. The van der Waals surface area contributed by atoms with Gasteiger partial charge in [0.2, 0.25) is 0 Å². The lowest BCUT2D eigenvalue weighted by molar-refractivity contribution is -0.138. The Morgan fingerprint density at radius 3 is 2.48 bits per heavy atom. The van der Waals surface area contributed by atoms with Crippen LogP contribution in [0.1, 0.15) is 37.8 Å². The number of hydrogen-bond donors (Lipinski definition) is 2. The van der Waals surface area contributed by atoms with Crippen LogP contribution in [0.4, 0.5) is 13.2 Å². The molecule has 1 saturated heterocycles. The van der Waals surface area contributed by atoms with Gasteiger partial charge in [-0.05, 0) is 44.4 Å². The molecule has 152 valence electrons. The van der Waals surface area contributed by atoms with Crippen LogP contribution in [-0.2, 0) is 12.7 Å². The van der Waals surface area contributed by atoms with Crippen LogP contribution in [0.2, 0.25) is 0 Å². The quantitative estimate of drug-likeness (QED) is 0.603. The summed E-state index contributed by atoms with van der Waals surface area (Å²) in [6.07, 6.45) is -2.48. The molecule has 0 aliphatic carbocycles. The van der Waals surface area contributed by atoms with Crippen molar-refractivity contribution in [3.63, 3.8) is 0 Å². The molecule has 2 rings (SSSR count). The molecule has 0 saturated carbocycles. The van der Waals surface area contributed by atoms with Gasteiger partial charge in [-0.3, -0.25) is 4.99 Å². The fraction of sp³-hybridized carbons (Fsp3) is 0.632. The summed E-state index contributed by atoms with van der Waals surface area (Å²) in [4.78, 5) is 6.57. The molecule has 0 bridgehead atoms. The average molecular weight is 386 g/mol. The molecule has 1 fully saturated rings. The first-order valence-corrected chi connectivity index (χ1v) is 9.20. The van der Waals surface area contributed by atoms with Gasteiger partial charge in [0, 0.05) is 38.8 Å². The summed E-state index contributed by atoms with van der Waals surface area (Å²) in [6, 6.07) is 4.78. The third kappa shape index (κ3) is 6.02. The number of nitrogens with one attached hydrogen (secondary N) is 2. The molecule has 0 amide bonds. The maximum Gasteiger partial charge on any atom is 0.416 e. The number of hydrogen-bond acceptors (Lipinski definition) is 3. The zero-order valence-electron chi connectivity index (χ0n) is 16.4. The average Bonchev–Trinajstić information content (AvgIpc) is 2.64. The van der Waals surface area contributed by atoms with Gasteiger partial charge in [0.25, 0.3) is 0 Å². The van der Waals surface area contributed by atoms with Crippen LogP contribution in [0.3, 0.4) is 0 Å². The van der Waals surface area contributed by atoms with Crippen molar-refractivity contribution in [2.24, 2.45) is 4.99 Å². The van der Waals surface area contributed by atoms with Crippen molar-refractivity contribution < 1.29 is 17.9 Å². The van der Waals surface area contributed by atoms with E-state index < -0.39 is 11.7 Å². The summed E-state index contributed by atoms with van der Waals surface area (Å²) in [5.74, 6) is 0.701. The van der Waals surface area contributed by atoms with Crippen LogP contribution in [0.5, 0.6) is 5.75 Å². The number of methoxy groups -OCH3 is 1. The highest BCUT2D eigenvalue weighted by Crippen LogP contribution is 2.34. The molecular formula is C19H29F3N4O. The number of halogens is 3. The molecule has 0 aromatic heterocycles. The number of aliphatic imine (C=N–C) groups is 1. The van der Waals surface area contributed by atoms with Crippen molar-refractivity contribution in [1.29, 1.82) is 0 Å². The minimum atomic E-state index is -4.44. The van der Waals surface area contributed by atoms with Gasteiger partial charge in [0.15, 0.2) is 5.96 Å². The Balaban J connectivity index is 1.97. The van der Waals surface area contributed by atoms with Crippen LogP contribution in [0.15, 0.2) is 23.2 Å². The van der Waals surface area contributed by atoms with Crippen LogP contribution in [0.25, 0.3) is 0 Å². The topological polar surface area (TPSA) is 48.9 Å². The summed E-state index contributed by atoms with van der Waals surface area (Å²) in [7, 11) is 2.97. The van der Waals surface area contributed by atoms with Gasteiger partial charge in [0.05, 0.1) is 12.7 Å². The number of benzene rings is 1. The molecule has 2 N–H and O–H groups in total. The maximum absolute atomic E-state index is 13.3. The predicted octanol–water partition coefficient (Wildman–Crippen LogP) is 3.25. The molecule has 5 nitrogen and oxygen atoms in total. The third-order valence-electron chi connectivity index (χ3n) is 4.89. The molecule has 1 aliphatic heterocycles. The highest BCUT2D eigenvalue weighted by Gasteiger charge is 2.33. The van der Waals surface area contributed by atoms with E-state index in [1.54, 1.807) is 7.05 Å². The van der Waals surface area contributed by atoms with Crippen LogP contribution in [-0.4, -0.2) is 50.2 Å². The molecule has 1 aromatic carbocycles. The van der Waals surface area contributed by atoms with E-state index in [9.17, 15) is 13.2 Å². The van der Waals surface area contributed by atoms with Gasteiger partial charge in [-0.2, -0.15) is 13.2 Å². The highest BCUT2D eigenvalue weighted by molar-refractivity contribution is 5.80. The summed E-state index contributed by atoms with van der Waals surface area (Å²) >= 11 is 0. The molecule has 8 heteroatoms. The van der Waals surface area contributed by atoms with Crippen molar-refractivity contribution in [2.75, 3.05) is 27.2 Å². The Morgan fingerprint density at radius 2 is 1.96 bits per heavy atom. The van der Waals surface area contributed by atoms with Crippen molar-refractivity contribution >= 4 is 5.96 Å². The lowest BCUT2D eigenvalue weighted by Crippen LogP contribution is -2.49. The van der Waals surface area contributed by atoms with Crippen molar-refractivity contribution in [1.82, 2.24) is 15.5 Å². The van der Waals surface area contributed by atoms with Crippen molar-refractivity contribution in [3.05, 3.63) is 29.3 Å². The number of nitrogens with zero attached hydrogens (tertiary/aromatic N) is 2. The van der Waals surface area contributed by atoms with Crippen molar-refractivity contribution in [2.45, 2.75) is 51.5 Å². The zero-order valence-corrected chi connectivity index (χ0v) is 16.4. The van der Waals surface area contributed by atoms with E-state index in [1.165, 1.54) is 19.2 Å². The molecule has 1 heterocycles. The predicted molar refractivity (Wildman–Crippen MR) is 101 cm³/mol. The Morgan fingerprint density at radius 1 is 1.30 bits per heavy atom. The van der Waals surface area contributed by atoms with Gasteiger partial charge in [-0.25, -0.2) is 0 Å². The molecule has 0 radical (unpaired) electrons. The van der Waals surface area contributed by atoms with Gasteiger partial charge < -0.3 is 20.3 Å². The SMILES string of the molecule is CN=C(NCc1ccc(OC)cc1C(F)(F)F)NC1CCN(C(C)C)CC1.